The zero-order valence-corrected chi connectivity index (χ0v) is 14.6. The van der Waals surface area contributed by atoms with Gasteiger partial charge in [-0.25, -0.2) is 4.79 Å². The molecule has 0 bridgehead atoms. The van der Waals surface area contributed by atoms with E-state index in [0.29, 0.717) is 25.2 Å². The SMILES string of the molecule is CCCCN1C(=O)NC(=O)[C@@H](C(CC)=NCCCN(C)C)C1=O. The van der Waals surface area contributed by atoms with Gasteiger partial charge in [0, 0.05) is 18.8 Å². The lowest BCUT2D eigenvalue weighted by Gasteiger charge is -2.30. The Bertz CT molecular complexity index is 474. The fourth-order valence-electron chi connectivity index (χ4n) is 2.45. The molecule has 1 aliphatic heterocycles. The number of amides is 4. The van der Waals surface area contributed by atoms with Crippen LogP contribution in [0.5, 0.6) is 0 Å². The minimum absolute atomic E-state index is 0.336. The van der Waals surface area contributed by atoms with Crippen LogP contribution in [0.4, 0.5) is 4.79 Å². The second kappa shape index (κ2) is 9.39. The van der Waals surface area contributed by atoms with Crippen molar-refractivity contribution >= 4 is 23.6 Å². The number of urea groups is 1. The van der Waals surface area contributed by atoms with Gasteiger partial charge in [0.1, 0.15) is 0 Å². The first-order valence-electron chi connectivity index (χ1n) is 8.26. The summed E-state index contributed by atoms with van der Waals surface area (Å²) in [7, 11) is 3.97. The highest BCUT2D eigenvalue weighted by Crippen LogP contribution is 2.15. The number of hydrogen-bond donors (Lipinski definition) is 1. The highest BCUT2D eigenvalue weighted by Gasteiger charge is 2.42. The zero-order chi connectivity index (χ0) is 17.4. The Morgan fingerprint density at radius 2 is 1.91 bits per heavy atom. The molecule has 0 radical (unpaired) electrons. The molecule has 1 N–H and O–H groups in total. The number of nitrogens with zero attached hydrogens (tertiary/aromatic N) is 3. The molecular weight excluding hydrogens is 296 g/mol. The molecule has 0 aromatic heterocycles. The van der Waals surface area contributed by atoms with Crippen LogP contribution in [-0.4, -0.2) is 67.1 Å². The summed E-state index contributed by atoms with van der Waals surface area (Å²) in [5.41, 5.74) is 0.556. The first-order valence-corrected chi connectivity index (χ1v) is 8.26. The monoisotopic (exact) mass is 324 g/mol. The van der Waals surface area contributed by atoms with E-state index >= 15 is 0 Å². The molecule has 1 aliphatic rings. The van der Waals surface area contributed by atoms with Gasteiger partial charge in [0.25, 0.3) is 0 Å². The Morgan fingerprint density at radius 1 is 1.22 bits per heavy atom. The summed E-state index contributed by atoms with van der Waals surface area (Å²) in [5.74, 6) is -1.96. The van der Waals surface area contributed by atoms with Crippen LogP contribution in [0.3, 0.4) is 0 Å². The van der Waals surface area contributed by atoms with Gasteiger partial charge in [-0.05, 0) is 39.9 Å². The normalized spacial score (nSPS) is 19.5. The molecule has 1 fully saturated rings. The van der Waals surface area contributed by atoms with E-state index < -0.39 is 23.8 Å². The lowest BCUT2D eigenvalue weighted by Crippen LogP contribution is -2.60. The zero-order valence-electron chi connectivity index (χ0n) is 14.6. The van der Waals surface area contributed by atoms with Gasteiger partial charge >= 0.3 is 6.03 Å². The second-order valence-corrected chi connectivity index (χ2v) is 5.95. The van der Waals surface area contributed by atoms with Crippen LogP contribution in [0.15, 0.2) is 4.99 Å². The Kier molecular flexibility index (Phi) is 7.88. The van der Waals surface area contributed by atoms with Crippen LogP contribution in [0, 0.1) is 5.92 Å². The van der Waals surface area contributed by atoms with Crippen molar-refractivity contribution in [2.75, 3.05) is 33.7 Å². The van der Waals surface area contributed by atoms with Crippen LogP contribution in [0.1, 0.15) is 39.5 Å². The summed E-state index contributed by atoms with van der Waals surface area (Å²) in [4.78, 5) is 44.1. The molecule has 130 valence electrons. The number of hydrogen-bond acceptors (Lipinski definition) is 5. The van der Waals surface area contributed by atoms with Crippen molar-refractivity contribution in [3.05, 3.63) is 0 Å². The summed E-state index contributed by atoms with van der Waals surface area (Å²) >= 11 is 0. The molecule has 0 aliphatic carbocycles. The van der Waals surface area contributed by atoms with Crippen LogP contribution >= 0.6 is 0 Å². The Morgan fingerprint density at radius 3 is 2.48 bits per heavy atom. The third-order valence-corrected chi connectivity index (χ3v) is 3.76. The fraction of sp³-hybridized carbons (Fsp3) is 0.750. The van der Waals surface area contributed by atoms with Crippen molar-refractivity contribution in [3.8, 4) is 0 Å². The number of rotatable bonds is 9. The lowest BCUT2D eigenvalue weighted by molar-refractivity contribution is -0.139. The van der Waals surface area contributed by atoms with Crippen molar-refractivity contribution in [1.82, 2.24) is 15.1 Å². The van der Waals surface area contributed by atoms with Crippen LogP contribution in [0.2, 0.25) is 0 Å². The molecule has 0 saturated carbocycles. The van der Waals surface area contributed by atoms with Crippen LogP contribution in [0.25, 0.3) is 0 Å². The van der Waals surface area contributed by atoms with Crippen molar-refractivity contribution in [3.63, 3.8) is 0 Å². The summed E-state index contributed by atoms with van der Waals surface area (Å²) in [6.07, 6.45) is 2.97. The fourth-order valence-corrected chi connectivity index (χ4v) is 2.45. The molecule has 23 heavy (non-hydrogen) atoms. The quantitative estimate of drug-likeness (QED) is 0.393. The van der Waals surface area contributed by atoms with Crippen molar-refractivity contribution in [2.24, 2.45) is 10.9 Å². The number of barbiturate groups is 1. The topological polar surface area (TPSA) is 82.1 Å². The van der Waals surface area contributed by atoms with Crippen molar-refractivity contribution in [2.45, 2.75) is 39.5 Å². The standard InChI is InChI=1S/C16H28N4O3/c1-5-7-11-20-15(22)13(14(21)18-16(20)23)12(6-2)17-9-8-10-19(3)4/h13H,5-11H2,1-4H3,(H,18,21,23)/t13-/m1/s1. The first-order chi connectivity index (χ1) is 10.9. The lowest BCUT2D eigenvalue weighted by atomic mass is 9.96. The highest BCUT2D eigenvalue weighted by atomic mass is 16.2. The van der Waals surface area contributed by atoms with E-state index in [1.807, 2.05) is 27.9 Å². The molecule has 7 heteroatoms. The molecule has 1 heterocycles. The molecule has 0 spiro atoms. The van der Waals surface area contributed by atoms with Gasteiger partial charge < -0.3 is 4.90 Å². The summed E-state index contributed by atoms with van der Waals surface area (Å²) in [6, 6.07) is -0.618. The van der Waals surface area contributed by atoms with Gasteiger partial charge in [-0.1, -0.05) is 20.3 Å². The molecule has 0 aromatic rings. The minimum Gasteiger partial charge on any atom is -0.309 e. The smallest absolute Gasteiger partial charge is 0.309 e. The number of unbranched alkanes of at least 4 members (excludes halogenated alkanes) is 1. The number of carbonyl (C=O) groups is 3. The molecule has 0 aromatic carbocycles. The van der Waals surface area contributed by atoms with Gasteiger partial charge in [0.2, 0.25) is 11.8 Å². The van der Waals surface area contributed by atoms with Gasteiger partial charge in [-0.3, -0.25) is 24.8 Å². The largest absolute Gasteiger partial charge is 0.330 e. The highest BCUT2D eigenvalue weighted by molar-refractivity contribution is 6.27. The van der Waals surface area contributed by atoms with E-state index in [-0.39, 0.29) is 0 Å². The number of imide groups is 2. The maximum absolute atomic E-state index is 12.5. The summed E-state index contributed by atoms with van der Waals surface area (Å²) < 4.78 is 0. The number of aliphatic imine (C=N–C) groups is 1. The molecular formula is C16H28N4O3. The van der Waals surface area contributed by atoms with Crippen molar-refractivity contribution in [1.29, 1.82) is 0 Å². The van der Waals surface area contributed by atoms with Gasteiger partial charge in [0.15, 0.2) is 5.92 Å². The van der Waals surface area contributed by atoms with Crippen LogP contribution < -0.4 is 5.32 Å². The molecule has 1 saturated heterocycles. The van der Waals surface area contributed by atoms with E-state index in [2.05, 4.69) is 15.2 Å². The predicted molar refractivity (Wildman–Crippen MR) is 89.4 cm³/mol. The van der Waals surface area contributed by atoms with Crippen LogP contribution in [-0.2, 0) is 9.59 Å². The molecule has 4 amide bonds. The van der Waals surface area contributed by atoms with Crippen molar-refractivity contribution < 1.29 is 14.4 Å². The Balaban J connectivity index is 2.83. The second-order valence-electron chi connectivity index (χ2n) is 5.95. The third-order valence-electron chi connectivity index (χ3n) is 3.76. The van der Waals surface area contributed by atoms with E-state index in [4.69, 9.17) is 0 Å². The first kappa shape index (κ1) is 19.3. The maximum Gasteiger partial charge on any atom is 0.330 e. The average Bonchev–Trinajstić information content (AvgIpc) is 2.48. The van der Waals surface area contributed by atoms with Gasteiger partial charge in [-0.2, -0.15) is 0 Å². The molecule has 0 unspecified atom stereocenters. The van der Waals surface area contributed by atoms with E-state index in [0.717, 1.165) is 30.7 Å². The third kappa shape index (κ3) is 5.42. The minimum atomic E-state index is -0.964. The number of carbonyl (C=O) groups excluding carboxylic acids is 3. The van der Waals surface area contributed by atoms with Gasteiger partial charge in [0.05, 0.1) is 0 Å². The maximum atomic E-state index is 12.5. The molecule has 1 atom stereocenters. The average molecular weight is 324 g/mol. The van der Waals surface area contributed by atoms with E-state index in [1.165, 1.54) is 0 Å². The summed E-state index contributed by atoms with van der Waals surface area (Å²) in [5, 5.41) is 2.28. The van der Waals surface area contributed by atoms with E-state index in [1.54, 1.807) is 0 Å². The molecule has 1 rings (SSSR count). The Hall–Kier alpha value is -1.76. The molecule has 7 nitrogen and oxygen atoms in total. The predicted octanol–water partition coefficient (Wildman–Crippen LogP) is 1.28. The summed E-state index contributed by atoms with van der Waals surface area (Å²) in [6.45, 7) is 5.66. The number of nitrogens with one attached hydrogen (secondary N) is 1. The van der Waals surface area contributed by atoms with Gasteiger partial charge in [-0.15, -0.1) is 0 Å². The Labute approximate surface area is 138 Å². The van der Waals surface area contributed by atoms with E-state index in [9.17, 15) is 14.4 Å².